The van der Waals surface area contributed by atoms with Crippen LogP contribution >= 0.6 is 7.60 Å². The zero-order valence-electron chi connectivity index (χ0n) is 15.8. The Morgan fingerprint density at radius 2 is 1.75 bits per heavy atom. The first kappa shape index (κ1) is 19.6. The lowest BCUT2D eigenvalue weighted by Gasteiger charge is -2.24. The van der Waals surface area contributed by atoms with Gasteiger partial charge in [-0.2, -0.15) is 0 Å². The highest BCUT2D eigenvalue weighted by Gasteiger charge is 2.77. The minimum Gasteiger partial charge on any atom is -0.465 e. The van der Waals surface area contributed by atoms with E-state index in [4.69, 9.17) is 13.8 Å². The fraction of sp³-hybridized carbons (Fsp3) is 0.824. The SMILES string of the molecule is CCOC(=O)C12CC(C)=C(C)CN1C2P(=O)(OC(C)C)OC(C)C. The van der Waals surface area contributed by atoms with Crippen molar-refractivity contribution in [1.82, 2.24) is 4.90 Å². The summed E-state index contributed by atoms with van der Waals surface area (Å²) in [6.07, 6.45) is -0.00411. The first-order chi connectivity index (χ1) is 11.1. The zero-order valence-corrected chi connectivity index (χ0v) is 16.7. The van der Waals surface area contributed by atoms with E-state index in [0.29, 0.717) is 19.6 Å². The molecule has 1 saturated heterocycles. The summed E-state index contributed by atoms with van der Waals surface area (Å²) in [7, 11) is -3.50. The second-order valence-corrected chi connectivity index (χ2v) is 9.22. The Balaban J connectivity index is 2.41. The van der Waals surface area contributed by atoms with E-state index in [1.54, 1.807) is 6.92 Å². The Morgan fingerprint density at radius 1 is 1.21 bits per heavy atom. The Kier molecular flexibility index (Phi) is 5.65. The van der Waals surface area contributed by atoms with E-state index < -0.39 is 18.9 Å². The lowest BCUT2D eigenvalue weighted by atomic mass is 9.94. The lowest BCUT2D eigenvalue weighted by molar-refractivity contribution is -0.147. The van der Waals surface area contributed by atoms with Crippen LogP contribution in [0, 0.1) is 0 Å². The average molecular weight is 359 g/mol. The van der Waals surface area contributed by atoms with E-state index in [1.807, 2.05) is 46.4 Å². The van der Waals surface area contributed by atoms with Crippen molar-refractivity contribution in [2.75, 3.05) is 13.2 Å². The molecule has 0 radical (unpaired) electrons. The van der Waals surface area contributed by atoms with Gasteiger partial charge in [0.25, 0.3) is 0 Å². The van der Waals surface area contributed by atoms with Gasteiger partial charge < -0.3 is 13.8 Å². The third-order valence-electron chi connectivity index (χ3n) is 4.48. The van der Waals surface area contributed by atoms with Gasteiger partial charge in [-0.1, -0.05) is 11.1 Å². The fourth-order valence-corrected chi connectivity index (χ4v) is 6.34. The number of hydrogen-bond acceptors (Lipinski definition) is 6. The third-order valence-corrected chi connectivity index (χ3v) is 7.22. The van der Waals surface area contributed by atoms with Crippen LogP contribution in [0.5, 0.6) is 0 Å². The molecule has 0 aliphatic carbocycles. The molecule has 2 aliphatic heterocycles. The maximum atomic E-state index is 13.6. The van der Waals surface area contributed by atoms with Gasteiger partial charge in [0.05, 0.1) is 18.8 Å². The van der Waals surface area contributed by atoms with Crippen molar-refractivity contribution in [2.24, 2.45) is 0 Å². The minimum atomic E-state index is -3.50. The van der Waals surface area contributed by atoms with Crippen LogP contribution in [0.4, 0.5) is 0 Å². The molecule has 0 aromatic carbocycles. The van der Waals surface area contributed by atoms with Crippen molar-refractivity contribution in [2.45, 2.75) is 78.4 Å². The first-order valence-electron chi connectivity index (χ1n) is 8.64. The highest BCUT2D eigenvalue weighted by Crippen LogP contribution is 2.71. The molecule has 0 aromatic rings. The first-order valence-corrected chi connectivity index (χ1v) is 10.2. The molecule has 0 aromatic heterocycles. The molecule has 24 heavy (non-hydrogen) atoms. The number of nitrogens with zero attached hydrogens (tertiary/aromatic N) is 1. The number of rotatable bonds is 7. The van der Waals surface area contributed by atoms with Crippen LogP contribution in [0.1, 0.15) is 54.9 Å². The molecule has 0 amide bonds. The van der Waals surface area contributed by atoms with Crippen LogP contribution in [0.3, 0.4) is 0 Å². The lowest BCUT2D eigenvalue weighted by Crippen LogP contribution is -2.36. The summed E-state index contributed by atoms with van der Waals surface area (Å²) >= 11 is 0. The van der Waals surface area contributed by atoms with Crippen LogP contribution in [-0.2, 0) is 23.1 Å². The van der Waals surface area contributed by atoms with Crippen molar-refractivity contribution in [3.8, 4) is 0 Å². The number of ether oxygens (including phenoxy) is 1. The number of carbonyl (C=O) groups excluding carboxylic acids is 1. The normalized spacial score (nSPS) is 29.9. The van der Waals surface area contributed by atoms with E-state index in [2.05, 4.69) is 0 Å². The van der Waals surface area contributed by atoms with Crippen LogP contribution < -0.4 is 0 Å². The van der Waals surface area contributed by atoms with Crippen LogP contribution in [0.15, 0.2) is 11.1 Å². The quantitative estimate of drug-likeness (QED) is 0.299. The topological polar surface area (TPSA) is 64.8 Å². The van der Waals surface area contributed by atoms with E-state index >= 15 is 0 Å². The van der Waals surface area contributed by atoms with Gasteiger partial charge in [-0.25, -0.2) is 4.79 Å². The molecule has 3 unspecified atom stereocenters. The summed E-state index contributed by atoms with van der Waals surface area (Å²) in [5.41, 5.74) is 1.42. The van der Waals surface area contributed by atoms with Gasteiger partial charge >= 0.3 is 13.6 Å². The van der Waals surface area contributed by atoms with Gasteiger partial charge in [-0.3, -0.25) is 9.46 Å². The molecule has 2 aliphatic rings. The van der Waals surface area contributed by atoms with Gasteiger partial charge in [0.1, 0.15) is 5.78 Å². The highest BCUT2D eigenvalue weighted by molar-refractivity contribution is 7.55. The Morgan fingerprint density at radius 3 is 2.21 bits per heavy atom. The van der Waals surface area contributed by atoms with Crippen LogP contribution in [0.2, 0.25) is 0 Å². The second-order valence-electron chi connectivity index (χ2n) is 7.23. The maximum Gasteiger partial charge on any atom is 0.350 e. The number of esters is 1. The molecular formula is C17H30NO5P. The minimum absolute atomic E-state index is 0.257. The summed E-state index contributed by atoms with van der Waals surface area (Å²) in [4.78, 5) is 14.7. The molecule has 7 heteroatoms. The van der Waals surface area contributed by atoms with Gasteiger partial charge in [-0.05, 0) is 54.9 Å². The van der Waals surface area contributed by atoms with Crippen LogP contribution in [0.25, 0.3) is 0 Å². The number of hydrogen-bond donors (Lipinski definition) is 0. The number of carbonyl (C=O) groups is 1. The molecule has 0 saturated carbocycles. The summed E-state index contributed by atoms with van der Waals surface area (Å²) in [5.74, 6) is -0.914. The molecule has 138 valence electrons. The second kappa shape index (κ2) is 6.91. The van der Waals surface area contributed by atoms with Crippen molar-refractivity contribution < 1.29 is 23.1 Å². The summed E-state index contributed by atoms with van der Waals surface area (Å²) < 4.78 is 30.4. The van der Waals surface area contributed by atoms with Crippen molar-refractivity contribution in [1.29, 1.82) is 0 Å². The molecule has 0 N–H and O–H groups in total. The van der Waals surface area contributed by atoms with E-state index in [-0.39, 0.29) is 18.2 Å². The zero-order chi connectivity index (χ0) is 18.3. The number of fused-ring (bicyclic) bond motifs is 1. The Hall–Kier alpha value is -0.680. The molecule has 3 atom stereocenters. The molecule has 2 rings (SSSR count). The van der Waals surface area contributed by atoms with Crippen molar-refractivity contribution in [3.05, 3.63) is 11.1 Å². The van der Waals surface area contributed by atoms with E-state index in [1.165, 1.54) is 5.57 Å². The summed E-state index contributed by atoms with van der Waals surface area (Å²) in [6.45, 7) is 14.0. The smallest absolute Gasteiger partial charge is 0.350 e. The van der Waals surface area contributed by atoms with Gasteiger partial charge in [0, 0.05) is 6.54 Å². The monoisotopic (exact) mass is 359 g/mol. The molecule has 0 spiro atoms. The predicted molar refractivity (Wildman–Crippen MR) is 92.9 cm³/mol. The largest absolute Gasteiger partial charge is 0.465 e. The molecule has 0 bridgehead atoms. The molecular weight excluding hydrogens is 329 g/mol. The van der Waals surface area contributed by atoms with Gasteiger partial charge in [0.2, 0.25) is 0 Å². The van der Waals surface area contributed by atoms with Crippen LogP contribution in [-0.4, -0.2) is 47.6 Å². The van der Waals surface area contributed by atoms with E-state index in [9.17, 15) is 9.36 Å². The fourth-order valence-electron chi connectivity index (χ4n) is 3.45. The third kappa shape index (κ3) is 3.34. The highest BCUT2D eigenvalue weighted by atomic mass is 31.2. The summed E-state index contributed by atoms with van der Waals surface area (Å²) in [5, 5.41) is 0. The summed E-state index contributed by atoms with van der Waals surface area (Å²) in [6, 6.07) is 0. The maximum absolute atomic E-state index is 13.6. The van der Waals surface area contributed by atoms with Crippen molar-refractivity contribution >= 4 is 13.6 Å². The molecule has 6 nitrogen and oxygen atoms in total. The molecule has 1 fully saturated rings. The Labute approximate surface area is 145 Å². The van der Waals surface area contributed by atoms with E-state index in [0.717, 1.165) is 5.57 Å². The Bertz CT molecular complexity index is 572. The van der Waals surface area contributed by atoms with Gasteiger partial charge in [0.15, 0.2) is 5.54 Å². The standard InChI is InChI=1S/C17H30NO5P/c1-8-21-16(19)17-9-13(6)14(7)10-18(17)15(17)24(20,22-11(2)3)23-12(4)5/h11-12,15H,8-10H2,1-7H3. The average Bonchev–Trinajstić information content (AvgIpc) is 3.07. The predicted octanol–water partition coefficient (Wildman–Crippen LogP) is 3.71. The molecule has 2 heterocycles. The van der Waals surface area contributed by atoms with Gasteiger partial charge in [-0.15, -0.1) is 0 Å². The van der Waals surface area contributed by atoms with Crippen molar-refractivity contribution in [3.63, 3.8) is 0 Å².